The summed E-state index contributed by atoms with van der Waals surface area (Å²) in [5.74, 6) is 1.18. The molecule has 1 aromatic carbocycles. The van der Waals surface area contributed by atoms with Crippen LogP contribution in [0.4, 0.5) is 0 Å². The summed E-state index contributed by atoms with van der Waals surface area (Å²) in [6.07, 6.45) is 5.36. The third-order valence-corrected chi connectivity index (χ3v) is 4.38. The standard InChI is InChI=1S/C17H26N2O4/c1-21-13-9-12(10-14(22-2)15(13)23-3)16(20)19-11-17(18)7-5-4-6-8-17/h9-10H,4-8,11,18H2,1-3H3,(H,19,20). The van der Waals surface area contributed by atoms with Crippen molar-refractivity contribution in [1.82, 2.24) is 5.32 Å². The molecular formula is C17H26N2O4. The predicted molar refractivity (Wildman–Crippen MR) is 88.4 cm³/mol. The lowest BCUT2D eigenvalue weighted by atomic mass is 9.82. The number of hydrogen-bond donors (Lipinski definition) is 2. The van der Waals surface area contributed by atoms with Crippen LogP contribution in [0.1, 0.15) is 42.5 Å². The van der Waals surface area contributed by atoms with E-state index in [0.29, 0.717) is 29.4 Å². The highest BCUT2D eigenvalue weighted by molar-refractivity contribution is 5.95. The van der Waals surface area contributed by atoms with Gasteiger partial charge < -0.3 is 25.3 Å². The fourth-order valence-corrected chi connectivity index (χ4v) is 3.00. The predicted octanol–water partition coefficient (Wildman–Crippen LogP) is 2.10. The van der Waals surface area contributed by atoms with Crippen LogP contribution in [-0.2, 0) is 0 Å². The van der Waals surface area contributed by atoms with E-state index >= 15 is 0 Å². The van der Waals surface area contributed by atoms with Crippen LogP contribution in [0.15, 0.2) is 12.1 Å². The number of benzene rings is 1. The lowest BCUT2D eigenvalue weighted by Crippen LogP contribution is -2.51. The maximum atomic E-state index is 12.4. The Bertz CT molecular complexity index is 529. The Morgan fingerprint density at radius 3 is 2.13 bits per heavy atom. The number of carbonyl (C=O) groups excluding carboxylic acids is 1. The van der Waals surface area contributed by atoms with Crippen LogP contribution in [0.25, 0.3) is 0 Å². The fraction of sp³-hybridized carbons (Fsp3) is 0.588. The van der Waals surface area contributed by atoms with E-state index in [2.05, 4.69) is 5.32 Å². The van der Waals surface area contributed by atoms with Crippen molar-refractivity contribution < 1.29 is 19.0 Å². The Hall–Kier alpha value is -1.95. The Kier molecular flexibility index (Phi) is 5.71. The van der Waals surface area contributed by atoms with Crippen LogP contribution in [0, 0.1) is 0 Å². The molecule has 0 saturated heterocycles. The molecule has 0 aromatic heterocycles. The average molecular weight is 322 g/mol. The smallest absolute Gasteiger partial charge is 0.251 e. The van der Waals surface area contributed by atoms with E-state index < -0.39 is 0 Å². The van der Waals surface area contributed by atoms with E-state index in [1.807, 2.05) is 0 Å². The van der Waals surface area contributed by atoms with E-state index in [4.69, 9.17) is 19.9 Å². The first-order valence-electron chi connectivity index (χ1n) is 7.90. The number of carbonyl (C=O) groups is 1. The monoisotopic (exact) mass is 322 g/mol. The Morgan fingerprint density at radius 1 is 1.09 bits per heavy atom. The van der Waals surface area contributed by atoms with E-state index in [0.717, 1.165) is 25.7 Å². The molecule has 0 heterocycles. The summed E-state index contributed by atoms with van der Waals surface area (Å²) in [6.45, 7) is 0.475. The first-order valence-corrected chi connectivity index (χ1v) is 7.90. The number of methoxy groups -OCH3 is 3. The molecule has 6 heteroatoms. The SMILES string of the molecule is COc1cc(C(=O)NCC2(N)CCCCC2)cc(OC)c1OC. The zero-order valence-corrected chi connectivity index (χ0v) is 14.1. The molecule has 0 atom stereocenters. The summed E-state index contributed by atoms with van der Waals surface area (Å²) < 4.78 is 15.8. The van der Waals surface area contributed by atoms with Gasteiger partial charge in [-0.2, -0.15) is 0 Å². The number of nitrogens with one attached hydrogen (secondary N) is 1. The summed E-state index contributed by atoms with van der Waals surface area (Å²) in [7, 11) is 4.58. The van der Waals surface area contributed by atoms with Gasteiger partial charge >= 0.3 is 0 Å². The number of rotatable bonds is 6. The van der Waals surface area contributed by atoms with Gasteiger partial charge in [-0.15, -0.1) is 0 Å². The van der Waals surface area contributed by atoms with Gasteiger partial charge in [-0.05, 0) is 25.0 Å². The van der Waals surface area contributed by atoms with Crippen molar-refractivity contribution in [2.24, 2.45) is 5.73 Å². The third kappa shape index (κ3) is 4.07. The Balaban J connectivity index is 2.12. The van der Waals surface area contributed by atoms with Crippen LogP contribution in [0.2, 0.25) is 0 Å². The Labute approximate surface area is 137 Å². The summed E-state index contributed by atoms with van der Waals surface area (Å²) in [5, 5.41) is 2.93. The number of nitrogens with two attached hydrogens (primary N) is 1. The minimum absolute atomic E-state index is 0.195. The van der Waals surface area contributed by atoms with Gasteiger partial charge in [0.25, 0.3) is 5.91 Å². The second-order valence-electron chi connectivity index (χ2n) is 6.02. The van der Waals surface area contributed by atoms with E-state index in [1.165, 1.54) is 27.8 Å². The van der Waals surface area contributed by atoms with Crippen LogP contribution in [0.5, 0.6) is 17.2 Å². The molecule has 0 unspecified atom stereocenters. The van der Waals surface area contributed by atoms with Crippen molar-refractivity contribution in [3.05, 3.63) is 17.7 Å². The molecule has 1 aliphatic rings. The second kappa shape index (κ2) is 7.55. The molecule has 1 aliphatic carbocycles. The van der Waals surface area contributed by atoms with E-state index in [9.17, 15) is 4.79 Å². The quantitative estimate of drug-likeness (QED) is 0.838. The molecule has 0 aliphatic heterocycles. The van der Waals surface area contributed by atoms with E-state index in [-0.39, 0.29) is 11.4 Å². The highest BCUT2D eigenvalue weighted by Crippen LogP contribution is 2.38. The first-order chi connectivity index (χ1) is 11.0. The van der Waals surface area contributed by atoms with Gasteiger partial charge in [0.1, 0.15) is 0 Å². The van der Waals surface area contributed by atoms with Crippen LogP contribution in [-0.4, -0.2) is 39.3 Å². The summed E-state index contributed by atoms with van der Waals surface area (Å²) >= 11 is 0. The normalized spacial score (nSPS) is 16.5. The number of amides is 1. The summed E-state index contributed by atoms with van der Waals surface area (Å²) in [4.78, 5) is 12.4. The lowest BCUT2D eigenvalue weighted by molar-refractivity contribution is 0.0937. The zero-order chi connectivity index (χ0) is 16.9. The van der Waals surface area contributed by atoms with Crippen LogP contribution < -0.4 is 25.3 Å². The van der Waals surface area contributed by atoms with Gasteiger partial charge in [0, 0.05) is 17.6 Å². The molecule has 1 saturated carbocycles. The van der Waals surface area contributed by atoms with Crippen molar-refractivity contribution in [3.8, 4) is 17.2 Å². The first kappa shape index (κ1) is 17.4. The maximum absolute atomic E-state index is 12.4. The van der Waals surface area contributed by atoms with Crippen molar-refractivity contribution in [2.75, 3.05) is 27.9 Å². The van der Waals surface area contributed by atoms with Crippen LogP contribution in [0.3, 0.4) is 0 Å². The summed E-state index contributed by atoms with van der Waals surface area (Å²) in [6, 6.07) is 3.28. The van der Waals surface area contributed by atoms with Gasteiger partial charge in [-0.3, -0.25) is 4.79 Å². The molecule has 1 fully saturated rings. The molecule has 128 valence electrons. The zero-order valence-electron chi connectivity index (χ0n) is 14.1. The minimum atomic E-state index is -0.297. The van der Waals surface area contributed by atoms with Gasteiger partial charge in [0.05, 0.1) is 21.3 Å². The van der Waals surface area contributed by atoms with Gasteiger partial charge in [-0.1, -0.05) is 19.3 Å². The molecule has 3 N–H and O–H groups in total. The lowest BCUT2D eigenvalue weighted by Gasteiger charge is -2.33. The highest BCUT2D eigenvalue weighted by Gasteiger charge is 2.28. The molecule has 23 heavy (non-hydrogen) atoms. The molecule has 0 radical (unpaired) electrons. The molecule has 6 nitrogen and oxygen atoms in total. The third-order valence-electron chi connectivity index (χ3n) is 4.38. The van der Waals surface area contributed by atoms with Crippen molar-refractivity contribution in [1.29, 1.82) is 0 Å². The molecule has 1 amide bonds. The van der Waals surface area contributed by atoms with Gasteiger partial charge in [0.15, 0.2) is 11.5 Å². The maximum Gasteiger partial charge on any atom is 0.251 e. The minimum Gasteiger partial charge on any atom is -0.493 e. The summed E-state index contributed by atoms with van der Waals surface area (Å²) in [5.41, 5.74) is 6.52. The fourth-order valence-electron chi connectivity index (χ4n) is 3.00. The highest BCUT2D eigenvalue weighted by atomic mass is 16.5. The van der Waals surface area contributed by atoms with Crippen molar-refractivity contribution in [3.63, 3.8) is 0 Å². The Morgan fingerprint density at radius 2 is 1.65 bits per heavy atom. The molecule has 1 aromatic rings. The van der Waals surface area contributed by atoms with Crippen molar-refractivity contribution >= 4 is 5.91 Å². The van der Waals surface area contributed by atoms with E-state index in [1.54, 1.807) is 12.1 Å². The largest absolute Gasteiger partial charge is 0.493 e. The van der Waals surface area contributed by atoms with Gasteiger partial charge in [0.2, 0.25) is 5.75 Å². The number of hydrogen-bond acceptors (Lipinski definition) is 5. The molecule has 0 bridgehead atoms. The van der Waals surface area contributed by atoms with Crippen LogP contribution >= 0.6 is 0 Å². The molecule has 0 spiro atoms. The van der Waals surface area contributed by atoms with Gasteiger partial charge in [-0.25, -0.2) is 0 Å². The van der Waals surface area contributed by atoms with Crippen molar-refractivity contribution in [2.45, 2.75) is 37.6 Å². The average Bonchev–Trinajstić information content (AvgIpc) is 2.58. The molecular weight excluding hydrogens is 296 g/mol. The molecule has 2 rings (SSSR count). The topological polar surface area (TPSA) is 82.8 Å². The number of ether oxygens (including phenoxy) is 3. The second-order valence-corrected chi connectivity index (χ2v) is 6.02.